The van der Waals surface area contributed by atoms with E-state index in [0.29, 0.717) is 5.52 Å². The summed E-state index contributed by atoms with van der Waals surface area (Å²) in [5.41, 5.74) is 5.61. The lowest BCUT2D eigenvalue weighted by Crippen LogP contribution is -2.20. The van der Waals surface area contributed by atoms with Gasteiger partial charge >= 0.3 is 0 Å². The molecule has 0 fully saturated rings. The molecule has 0 bridgehead atoms. The fraction of sp³-hybridized carbons (Fsp3) is 0.612. The summed E-state index contributed by atoms with van der Waals surface area (Å²) in [5.74, 6) is 0. The summed E-state index contributed by atoms with van der Waals surface area (Å²) >= 11 is 0. The molecule has 1 nitrogen and oxygen atoms in total. The van der Waals surface area contributed by atoms with Gasteiger partial charge < -0.3 is 0 Å². The number of hydrogen-bond acceptors (Lipinski definition) is 1. The summed E-state index contributed by atoms with van der Waals surface area (Å²) in [6.45, 7) is 6.90. The highest BCUT2D eigenvalue weighted by atomic mass is 31.1. The Bertz CT molecular complexity index is 1200. The van der Waals surface area contributed by atoms with Gasteiger partial charge in [-0.05, 0) is 65.8 Å². The molecule has 0 heterocycles. The molecule has 0 aliphatic rings. The van der Waals surface area contributed by atoms with E-state index in [-0.39, 0.29) is 0 Å². The van der Waals surface area contributed by atoms with Gasteiger partial charge in [0, 0.05) is 13.5 Å². The van der Waals surface area contributed by atoms with Crippen LogP contribution in [0.25, 0.3) is 0 Å². The average molecular weight is 711 g/mol. The van der Waals surface area contributed by atoms with E-state index in [1.54, 1.807) is 0 Å². The standard InChI is InChI=1S/C49H75OP/c1-4-7-10-13-16-19-22-27-34-43-41-44(35-28-23-20-17-14-11-8-5-2)48(45(42-43)36-29-24-21-18-15-12-9-6-3)49(50)51(46-37-30-25-31-38-46)47-39-32-26-33-40-47/h25-26,30-33,37-42H,4-24,27-29,34-36H2,1-3H3. The van der Waals surface area contributed by atoms with Gasteiger partial charge in [-0.3, -0.25) is 4.79 Å². The van der Waals surface area contributed by atoms with Crippen LogP contribution in [0.15, 0.2) is 72.8 Å². The van der Waals surface area contributed by atoms with Crippen molar-refractivity contribution in [2.24, 2.45) is 0 Å². The van der Waals surface area contributed by atoms with Crippen LogP contribution < -0.4 is 10.6 Å². The van der Waals surface area contributed by atoms with Crippen LogP contribution in [0.3, 0.4) is 0 Å². The Hall–Kier alpha value is -2.24. The highest BCUT2D eigenvalue weighted by Crippen LogP contribution is 2.41. The molecule has 3 aromatic carbocycles. The van der Waals surface area contributed by atoms with Gasteiger partial charge in [-0.25, -0.2) is 0 Å². The highest BCUT2D eigenvalue weighted by molar-refractivity contribution is 7.88. The summed E-state index contributed by atoms with van der Waals surface area (Å²) in [6.07, 6.45) is 35.1. The minimum absolute atomic E-state index is 0.366. The first-order valence-corrected chi connectivity index (χ1v) is 23.1. The first-order valence-electron chi connectivity index (χ1n) is 21.8. The number of benzene rings is 3. The minimum atomic E-state index is -1.15. The van der Waals surface area contributed by atoms with E-state index in [1.165, 1.54) is 181 Å². The number of aryl methyl sites for hydroxylation is 3. The molecule has 0 saturated heterocycles. The van der Waals surface area contributed by atoms with E-state index in [9.17, 15) is 0 Å². The molecule has 0 atom stereocenters. The number of carbonyl (C=O) groups excluding carboxylic acids is 1. The van der Waals surface area contributed by atoms with E-state index >= 15 is 4.79 Å². The van der Waals surface area contributed by atoms with Crippen LogP contribution in [0.2, 0.25) is 0 Å². The molecule has 51 heavy (non-hydrogen) atoms. The fourth-order valence-electron chi connectivity index (χ4n) is 7.66. The summed E-state index contributed by atoms with van der Waals surface area (Å²) in [7, 11) is -1.15. The SMILES string of the molecule is CCCCCCCCCCc1cc(CCCCCCCCCC)c(C(=O)P(c2ccccc2)c2ccccc2)c(CCCCCCCCCC)c1. The van der Waals surface area contributed by atoms with Crippen molar-refractivity contribution < 1.29 is 4.79 Å². The lowest BCUT2D eigenvalue weighted by atomic mass is 9.90. The molecule has 3 rings (SSSR count). The molecule has 0 saturated carbocycles. The predicted molar refractivity (Wildman–Crippen MR) is 229 cm³/mol. The van der Waals surface area contributed by atoms with Crippen molar-refractivity contribution in [1.82, 2.24) is 0 Å². The van der Waals surface area contributed by atoms with Gasteiger partial charge in [0.1, 0.15) is 0 Å². The second-order valence-electron chi connectivity index (χ2n) is 15.3. The highest BCUT2D eigenvalue weighted by Gasteiger charge is 2.28. The van der Waals surface area contributed by atoms with Gasteiger partial charge in [0.2, 0.25) is 0 Å². The van der Waals surface area contributed by atoms with Crippen molar-refractivity contribution in [3.8, 4) is 0 Å². The number of rotatable bonds is 31. The van der Waals surface area contributed by atoms with Crippen molar-refractivity contribution in [1.29, 1.82) is 0 Å². The smallest absolute Gasteiger partial charge is 0.193 e. The maximum absolute atomic E-state index is 15.2. The molecule has 0 amide bonds. The van der Waals surface area contributed by atoms with Gasteiger partial charge in [-0.15, -0.1) is 0 Å². The Morgan fingerprint density at radius 3 is 1.08 bits per heavy atom. The zero-order chi connectivity index (χ0) is 36.2. The molecule has 0 radical (unpaired) electrons. The maximum Gasteiger partial charge on any atom is 0.193 e. The lowest BCUT2D eigenvalue weighted by Gasteiger charge is -2.23. The maximum atomic E-state index is 15.2. The Kier molecular flexibility index (Phi) is 23.9. The normalized spacial score (nSPS) is 11.5. The predicted octanol–water partition coefficient (Wildman–Crippen LogP) is 15.0. The van der Waals surface area contributed by atoms with Gasteiger partial charge in [0.25, 0.3) is 0 Å². The molecular weight excluding hydrogens is 636 g/mol. The second kappa shape index (κ2) is 28.3. The molecule has 0 aliphatic carbocycles. The molecule has 282 valence electrons. The van der Waals surface area contributed by atoms with Gasteiger partial charge in [-0.2, -0.15) is 0 Å². The Balaban J connectivity index is 1.88. The van der Waals surface area contributed by atoms with Gasteiger partial charge in [-0.1, -0.05) is 228 Å². The third-order valence-electron chi connectivity index (χ3n) is 10.7. The average Bonchev–Trinajstić information content (AvgIpc) is 3.15. The van der Waals surface area contributed by atoms with E-state index in [1.807, 2.05) is 0 Å². The first kappa shape index (κ1) is 43.2. The molecular formula is C49H75OP. The van der Waals surface area contributed by atoms with Gasteiger partial charge in [0.15, 0.2) is 5.52 Å². The fourth-order valence-corrected chi connectivity index (χ4v) is 9.88. The van der Waals surface area contributed by atoms with E-state index in [2.05, 4.69) is 93.6 Å². The largest absolute Gasteiger partial charge is 0.288 e. The van der Waals surface area contributed by atoms with Gasteiger partial charge in [0.05, 0.1) is 0 Å². The molecule has 0 aromatic heterocycles. The van der Waals surface area contributed by atoms with Crippen LogP contribution in [0.4, 0.5) is 0 Å². The lowest BCUT2D eigenvalue weighted by molar-refractivity contribution is 0.108. The summed E-state index contributed by atoms with van der Waals surface area (Å²) < 4.78 is 0. The van der Waals surface area contributed by atoms with Crippen LogP contribution >= 0.6 is 7.92 Å². The molecule has 2 heteroatoms. The van der Waals surface area contributed by atoms with Crippen LogP contribution in [-0.2, 0) is 19.3 Å². The second-order valence-corrected chi connectivity index (χ2v) is 17.4. The number of carbonyl (C=O) groups is 1. The Morgan fingerprint density at radius 2 is 0.725 bits per heavy atom. The summed E-state index contributed by atoms with van der Waals surface area (Å²) in [6, 6.07) is 26.3. The van der Waals surface area contributed by atoms with Crippen molar-refractivity contribution in [3.63, 3.8) is 0 Å². The molecule has 3 aromatic rings. The van der Waals surface area contributed by atoms with Crippen molar-refractivity contribution in [3.05, 3.63) is 95.1 Å². The minimum Gasteiger partial charge on any atom is -0.288 e. The van der Waals surface area contributed by atoms with Crippen molar-refractivity contribution >= 4 is 24.1 Å². The van der Waals surface area contributed by atoms with E-state index in [0.717, 1.165) is 24.8 Å². The zero-order valence-electron chi connectivity index (χ0n) is 33.4. The Labute approximate surface area is 317 Å². The van der Waals surface area contributed by atoms with Crippen LogP contribution in [0, 0.1) is 0 Å². The van der Waals surface area contributed by atoms with E-state index in [4.69, 9.17) is 0 Å². The monoisotopic (exact) mass is 711 g/mol. The topological polar surface area (TPSA) is 17.1 Å². The Morgan fingerprint density at radius 1 is 0.412 bits per heavy atom. The van der Waals surface area contributed by atoms with Crippen molar-refractivity contribution in [2.75, 3.05) is 0 Å². The number of hydrogen-bond donors (Lipinski definition) is 0. The van der Waals surface area contributed by atoms with Crippen molar-refractivity contribution in [2.45, 2.75) is 194 Å². The third-order valence-corrected chi connectivity index (χ3v) is 13.0. The van der Waals surface area contributed by atoms with Crippen LogP contribution in [0.1, 0.15) is 202 Å². The zero-order valence-corrected chi connectivity index (χ0v) is 34.3. The third kappa shape index (κ3) is 17.4. The van der Waals surface area contributed by atoms with E-state index < -0.39 is 7.92 Å². The quantitative estimate of drug-likeness (QED) is 0.0480. The first-order chi connectivity index (χ1) is 25.2. The number of unbranched alkanes of at least 4 members (excludes halogenated alkanes) is 21. The summed E-state index contributed by atoms with van der Waals surface area (Å²) in [4.78, 5) is 15.2. The molecule has 0 spiro atoms. The molecule has 0 N–H and O–H groups in total. The van der Waals surface area contributed by atoms with Crippen LogP contribution in [-0.4, -0.2) is 5.52 Å². The molecule has 0 unspecified atom stereocenters. The molecule has 0 aliphatic heterocycles. The summed E-state index contributed by atoms with van der Waals surface area (Å²) in [5, 5.41) is 2.34. The van der Waals surface area contributed by atoms with Crippen LogP contribution in [0.5, 0.6) is 0 Å².